The van der Waals surface area contributed by atoms with E-state index >= 15 is 0 Å². The lowest BCUT2D eigenvalue weighted by Gasteiger charge is -2.29. The maximum Gasteiger partial charge on any atom is 0.0646 e. The Hall–Kier alpha value is -0.0800. The van der Waals surface area contributed by atoms with E-state index in [9.17, 15) is 10.2 Å². The molecule has 2 N–H and O–H groups in total. The van der Waals surface area contributed by atoms with Crippen LogP contribution in [0.25, 0.3) is 0 Å². The normalized spacial score (nSPS) is 18.0. The summed E-state index contributed by atoms with van der Waals surface area (Å²) < 4.78 is 0. The second kappa shape index (κ2) is 3.55. The summed E-state index contributed by atoms with van der Waals surface area (Å²) in [5, 5.41) is 19.1. The van der Waals surface area contributed by atoms with Gasteiger partial charge in [0.05, 0.1) is 11.2 Å². The lowest BCUT2D eigenvalue weighted by molar-refractivity contribution is -0.0400. The number of aliphatic hydroxyl groups is 2. The van der Waals surface area contributed by atoms with Crippen LogP contribution in [-0.4, -0.2) is 21.4 Å². The van der Waals surface area contributed by atoms with Gasteiger partial charge in [-0.2, -0.15) is 0 Å². The van der Waals surface area contributed by atoms with E-state index in [2.05, 4.69) is 0 Å². The van der Waals surface area contributed by atoms with Crippen molar-refractivity contribution in [1.29, 1.82) is 0 Å². The molecular weight excluding hydrogens is 140 g/mol. The molecule has 0 amide bonds. The van der Waals surface area contributed by atoms with Crippen LogP contribution in [0.3, 0.4) is 0 Å². The van der Waals surface area contributed by atoms with Crippen molar-refractivity contribution in [3.63, 3.8) is 0 Å². The first-order valence-electron chi connectivity index (χ1n) is 4.21. The largest absolute Gasteiger partial charge is 0.390 e. The van der Waals surface area contributed by atoms with Gasteiger partial charge in [0.15, 0.2) is 0 Å². The van der Waals surface area contributed by atoms with Crippen LogP contribution in [0.5, 0.6) is 0 Å². The maximum absolute atomic E-state index is 9.69. The van der Waals surface area contributed by atoms with Crippen molar-refractivity contribution in [2.24, 2.45) is 0 Å². The second-order valence-electron chi connectivity index (χ2n) is 4.24. The third-order valence-electron chi connectivity index (χ3n) is 1.60. The minimum atomic E-state index is -0.765. The van der Waals surface area contributed by atoms with Gasteiger partial charge in [0.1, 0.15) is 0 Å². The van der Waals surface area contributed by atoms with Crippen LogP contribution in [0.2, 0.25) is 0 Å². The molecule has 11 heavy (non-hydrogen) atoms. The molecule has 0 bridgehead atoms. The molecule has 0 aromatic heterocycles. The van der Waals surface area contributed by atoms with Gasteiger partial charge in [-0.05, 0) is 27.2 Å². The fraction of sp³-hybridized carbons (Fsp3) is 1.00. The first-order chi connectivity index (χ1) is 4.77. The van der Waals surface area contributed by atoms with Crippen molar-refractivity contribution < 1.29 is 10.2 Å². The molecule has 1 unspecified atom stereocenters. The Morgan fingerprint density at radius 1 is 1.09 bits per heavy atom. The highest BCUT2D eigenvalue weighted by molar-refractivity contribution is 4.80. The summed E-state index contributed by atoms with van der Waals surface area (Å²) in [6, 6.07) is 0. The van der Waals surface area contributed by atoms with E-state index in [-0.39, 0.29) is 0 Å². The predicted molar refractivity (Wildman–Crippen MR) is 46.4 cm³/mol. The van der Waals surface area contributed by atoms with Gasteiger partial charge in [-0.15, -0.1) is 0 Å². The van der Waals surface area contributed by atoms with E-state index in [1.165, 1.54) is 0 Å². The molecule has 0 rings (SSSR count). The zero-order chi connectivity index (χ0) is 9.12. The van der Waals surface area contributed by atoms with Crippen LogP contribution >= 0.6 is 0 Å². The SMILES string of the molecule is CCCC(C)(O)CC(C)(C)O. The molecule has 0 aromatic rings. The summed E-state index contributed by atoms with van der Waals surface area (Å²) in [4.78, 5) is 0. The van der Waals surface area contributed by atoms with Crippen molar-refractivity contribution in [3.8, 4) is 0 Å². The molecule has 2 nitrogen and oxygen atoms in total. The van der Waals surface area contributed by atoms with E-state index in [1.807, 2.05) is 6.92 Å². The van der Waals surface area contributed by atoms with E-state index < -0.39 is 11.2 Å². The minimum Gasteiger partial charge on any atom is -0.390 e. The van der Waals surface area contributed by atoms with Gasteiger partial charge in [-0.1, -0.05) is 13.3 Å². The van der Waals surface area contributed by atoms with Crippen molar-refractivity contribution in [2.75, 3.05) is 0 Å². The average molecular weight is 160 g/mol. The Labute approximate surface area is 69.2 Å². The highest BCUT2D eigenvalue weighted by atomic mass is 16.3. The molecule has 68 valence electrons. The summed E-state index contributed by atoms with van der Waals surface area (Å²) in [5.74, 6) is 0. The van der Waals surface area contributed by atoms with E-state index in [4.69, 9.17) is 0 Å². The molecule has 1 atom stereocenters. The topological polar surface area (TPSA) is 40.5 Å². The zero-order valence-corrected chi connectivity index (χ0v) is 8.02. The maximum atomic E-state index is 9.69. The third kappa shape index (κ3) is 6.32. The van der Waals surface area contributed by atoms with Gasteiger partial charge < -0.3 is 10.2 Å². The number of rotatable bonds is 4. The minimum absolute atomic E-state index is 0.438. The number of hydrogen-bond acceptors (Lipinski definition) is 2. The van der Waals surface area contributed by atoms with Crippen molar-refractivity contribution in [2.45, 2.75) is 58.2 Å². The Morgan fingerprint density at radius 3 is 1.82 bits per heavy atom. The van der Waals surface area contributed by atoms with E-state index in [1.54, 1.807) is 20.8 Å². The van der Waals surface area contributed by atoms with Crippen LogP contribution in [0.15, 0.2) is 0 Å². The number of hydrogen-bond donors (Lipinski definition) is 2. The quantitative estimate of drug-likeness (QED) is 0.657. The molecule has 0 aliphatic heterocycles. The van der Waals surface area contributed by atoms with E-state index in [0.717, 1.165) is 12.8 Å². The molecule has 0 heterocycles. The Balaban J connectivity index is 3.91. The summed E-state index contributed by atoms with van der Waals surface area (Å²) in [5.41, 5.74) is -1.48. The summed E-state index contributed by atoms with van der Waals surface area (Å²) in [7, 11) is 0. The molecule has 0 aliphatic rings. The molecule has 0 radical (unpaired) electrons. The first-order valence-corrected chi connectivity index (χ1v) is 4.21. The molecule has 0 saturated carbocycles. The summed E-state index contributed by atoms with van der Waals surface area (Å²) in [6.45, 7) is 7.24. The monoisotopic (exact) mass is 160 g/mol. The van der Waals surface area contributed by atoms with Crippen molar-refractivity contribution >= 4 is 0 Å². The lowest BCUT2D eigenvalue weighted by atomic mass is 9.88. The summed E-state index contributed by atoms with van der Waals surface area (Å²) in [6.07, 6.45) is 2.13. The molecule has 0 spiro atoms. The fourth-order valence-electron chi connectivity index (χ4n) is 1.56. The van der Waals surface area contributed by atoms with Gasteiger partial charge in [0.25, 0.3) is 0 Å². The van der Waals surface area contributed by atoms with Crippen LogP contribution in [0.4, 0.5) is 0 Å². The smallest absolute Gasteiger partial charge is 0.0646 e. The zero-order valence-electron chi connectivity index (χ0n) is 8.02. The van der Waals surface area contributed by atoms with Crippen molar-refractivity contribution in [1.82, 2.24) is 0 Å². The third-order valence-corrected chi connectivity index (χ3v) is 1.60. The highest BCUT2D eigenvalue weighted by Gasteiger charge is 2.27. The predicted octanol–water partition coefficient (Wildman–Crippen LogP) is 1.70. The Bertz CT molecular complexity index is 111. The van der Waals surface area contributed by atoms with Crippen LogP contribution in [-0.2, 0) is 0 Å². The molecule has 0 fully saturated rings. The van der Waals surface area contributed by atoms with Gasteiger partial charge in [0, 0.05) is 6.42 Å². The Morgan fingerprint density at radius 2 is 1.55 bits per heavy atom. The highest BCUT2D eigenvalue weighted by Crippen LogP contribution is 2.23. The van der Waals surface area contributed by atoms with Crippen LogP contribution in [0, 0.1) is 0 Å². The van der Waals surface area contributed by atoms with Crippen LogP contribution < -0.4 is 0 Å². The molecule has 0 saturated heterocycles. The second-order valence-corrected chi connectivity index (χ2v) is 4.24. The summed E-state index contributed by atoms with van der Waals surface area (Å²) >= 11 is 0. The molecular formula is C9H20O2. The van der Waals surface area contributed by atoms with Gasteiger partial charge >= 0.3 is 0 Å². The van der Waals surface area contributed by atoms with Crippen LogP contribution in [0.1, 0.15) is 47.0 Å². The van der Waals surface area contributed by atoms with E-state index in [0.29, 0.717) is 6.42 Å². The van der Waals surface area contributed by atoms with Gasteiger partial charge in [-0.3, -0.25) is 0 Å². The molecule has 2 heteroatoms. The van der Waals surface area contributed by atoms with Gasteiger partial charge in [-0.25, -0.2) is 0 Å². The van der Waals surface area contributed by atoms with Crippen molar-refractivity contribution in [3.05, 3.63) is 0 Å². The average Bonchev–Trinajstić information content (AvgIpc) is 1.55. The standard InChI is InChI=1S/C9H20O2/c1-5-6-9(4,11)7-8(2,3)10/h10-11H,5-7H2,1-4H3. The fourth-order valence-corrected chi connectivity index (χ4v) is 1.56. The lowest BCUT2D eigenvalue weighted by Crippen LogP contribution is -2.35. The van der Waals surface area contributed by atoms with Gasteiger partial charge in [0.2, 0.25) is 0 Å². The first kappa shape index (κ1) is 10.9. The molecule has 0 aliphatic carbocycles. The Kier molecular flexibility index (Phi) is 3.52. The molecule has 0 aromatic carbocycles.